The van der Waals surface area contributed by atoms with E-state index in [4.69, 9.17) is 0 Å². The van der Waals surface area contributed by atoms with Gasteiger partial charge in [-0.2, -0.15) is 8.42 Å². The average molecular weight is 371 g/mol. The highest BCUT2D eigenvalue weighted by Crippen LogP contribution is 2.25. The van der Waals surface area contributed by atoms with E-state index in [0.717, 1.165) is 15.1 Å². The second-order valence-corrected chi connectivity index (χ2v) is 9.13. The van der Waals surface area contributed by atoms with Crippen molar-refractivity contribution in [3.05, 3.63) is 40.5 Å². The summed E-state index contributed by atoms with van der Waals surface area (Å²) in [6.45, 7) is 2.67. The molecule has 0 saturated heterocycles. The van der Waals surface area contributed by atoms with Gasteiger partial charge in [0.25, 0.3) is 10.0 Å². The molecule has 0 fully saturated rings. The van der Waals surface area contributed by atoms with Gasteiger partial charge in [-0.25, -0.2) is 0 Å². The normalized spacial score (nSPS) is 13.1. The van der Waals surface area contributed by atoms with Crippen LogP contribution in [-0.2, 0) is 16.6 Å². The summed E-state index contributed by atoms with van der Waals surface area (Å²) < 4.78 is 32.0. The van der Waals surface area contributed by atoms with Gasteiger partial charge in [0.15, 0.2) is 0 Å². The lowest BCUT2D eigenvalue weighted by molar-refractivity contribution is 0.597. The van der Waals surface area contributed by atoms with Crippen LogP contribution in [-0.4, -0.2) is 19.2 Å². The molecule has 0 bridgehead atoms. The predicted molar refractivity (Wildman–Crippen MR) is 94.3 cm³/mol. The molecule has 0 radical (unpaired) electrons. The van der Waals surface area contributed by atoms with Crippen LogP contribution in [0.1, 0.15) is 6.92 Å². The summed E-state index contributed by atoms with van der Waals surface area (Å²) in [4.78, 5) is 1.67. The number of fused-ring (bicyclic) bond motifs is 1. The molecule has 0 atom stereocenters. The lowest BCUT2D eigenvalue weighted by Crippen LogP contribution is -2.15. The van der Waals surface area contributed by atoms with Gasteiger partial charge in [-0.3, -0.25) is 0 Å². The highest BCUT2D eigenvalue weighted by molar-refractivity contribution is 7.98. The maximum absolute atomic E-state index is 12.4. The molecule has 0 unspecified atom stereocenters. The summed E-state index contributed by atoms with van der Waals surface area (Å²) >= 11 is 4.26. The van der Waals surface area contributed by atoms with Gasteiger partial charge >= 0.3 is 0 Å². The quantitative estimate of drug-likeness (QED) is 0.657. The summed E-state index contributed by atoms with van der Waals surface area (Å²) in [5.41, 5.74) is 1.02. The number of hydrogen-bond donors (Lipinski definition) is 0. The largest absolute Gasteiger partial charge is 0.316 e. The van der Waals surface area contributed by atoms with Crippen molar-refractivity contribution in [1.82, 2.24) is 4.57 Å². The van der Waals surface area contributed by atoms with Crippen molar-refractivity contribution in [3.63, 3.8) is 0 Å². The molecule has 2 heterocycles. The molecule has 3 rings (SSSR count). The Morgan fingerprint density at radius 1 is 1.32 bits per heavy atom. The van der Waals surface area contributed by atoms with Crippen LogP contribution in [0, 0.1) is 0 Å². The Balaban J connectivity index is 2.24. The number of thioether (sulfide) groups is 1. The Labute approximate surface area is 141 Å². The number of aryl methyl sites for hydroxylation is 1. The standard InChI is InChI=1S/C14H14N2O2S4/c1-3-16-11-7-6-10(19-2)9-12(11)21-14(16)15-22(17,18)13-5-4-8-20-13/h4-9H,3H2,1-2H3/b15-14-. The summed E-state index contributed by atoms with van der Waals surface area (Å²) in [7, 11) is -3.64. The molecular formula is C14H14N2O2S4. The molecule has 0 spiro atoms. The van der Waals surface area contributed by atoms with E-state index in [1.54, 1.807) is 29.3 Å². The van der Waals surface area contributed by atoms with E-state index in [-0.39, 0.29) is 4.21 Å². The van der Waals surface area contributed by atoms with Crippen molar-refractivity contribution in [2.75, 3.05) is 6.26 Å². The van der Waals surface area contributed by atoms with E-state index in [1.165, 1.54) is 22.7 Å². The van der Waals surface area contributed by atoms with Crippen molar-refractivity contribution >= 4 is 54.7 Å². The molecule has 4 nitrogen and oxygen atoms in total. The van der Waals surface area contributed by atoms with Gasteiger partial charge in [-0.05, 0) is 42.8 Å². The van der Waals surface area contributed by atoms with Crippen LogP contribution in [0.2, 0.25) is 0 Å². The van der Waals surface area contributed by atoms with Gasteiger partial charge in [0.2, 0.25) is 4.80 Å². The van der Waals surface area contributed by atoms with E-state index < -0.39 is 10.0 Å². The second-order valence-electron chi connectivity index (χ2n) is 4.46. The molecule has 0 aliphatic heterocycles. The van der Waals surface area contributed by atoms with E-state index in [9.17, 15) is 8.42 Å². The molecule has 22 heavy (non-hydrogen) atoms. The number of nitrogens with zero attached hydrogens (tertiary/aromatic N) is 2. The third-order valence-electron chi connectivity index (χ3n) is 3.15. The van der Waals surface area contributed by atoms with E-state index in [2.05, 4.69) is 10.5 Å². The molecule has 2 aromatic heterocycles. The maximum Gasteiger partial charge on any atom is 0.294 e. The van der Waals surface area contributed by atoms with Crippen molar-refractivity contribution < 1.29 is 8.42 Å². The van der Waals surface area contributed by atoms with Gasteiger partial charge in [-0.1, -0.05) is 17.4 Å². The minimum absolute atomic E-state index is 0.275. The van der Waals surface area contributed by atoms with Crippen LogP contribution < -0.4 is 4.80 Å². The van der Waals surface area contributed by atoms with E-state index >= 15 is 0 Å². The average Bonchev–Trinajstić information content (AvgIpc) is 3.13. The molecule has 0 aliphatic carbocycles. The van der Waals surface area contributed by atoms with Gasteiger partial charge < -0.3 is 4.57 Å². The molecule has 1 aromatic carbocycles. The van der Waals surface area contributed by atoms with Crippen LogP contribution >= 0.6 is 34.4 Å². The van der Waals surface area contributed by atoms with Crippen LogP contribution in [0.3, 0.4) is 0 Å². The van der Waals surface area contributed by atoms with Crippen molar-refractivity contribution in [2.24, 2.45) is 4.40 Å². The molecule has 0 saturated carbocycles. The predicted octanol–water partition coefficient (Wildman–Crippen LogP) is 3.80. The number of thiophene rings is 1. The number of hydrogen-bond acceptors (Lipinski definition) is 5. The third kappa shape index (κ3) is 2.88. The molecule has 0 amide bonds. The van der Waals surface area contributed by atoms with Crippen LogP contribution in [0.15, 0.2) is 49.2 Å². The first-order valence-corrected chi connectivity index (χ1v) is 10.9. The maximum atomic E-state index is 12.4. The summed E-state index contributed by atoms with van der Waals surface area (Å²) in [5, 5.41) is 1.74. The zero-order valence-corrected chi connectivity index (χ0v) is 15.3. The number of sulfonamides is 1. The molecule has 3 aromatic rings. The molecule has 116 valence electrons. The Morgan fingerprint density at radius 3 is 2.77 bits per heavy atom. The molecule has 0 N–H and O–H groups in total. The van der Waals surface area contributed by atoms with Crippen molar-refractivity contribution in [1.29, 1.82) is 0 Å². The van der Waals surface area contributed by atoms with Crippen molar-refractivity contribution in [2.45, 2.75) is 22.6 Å². The smallest absolute Gasteiger partial charge is 0.294 e. The zero-order chi connectivity index (χ0) is 15.7. The first kappa shape index (κ1) is 15.8. The Morgan fingerprint density at radius 2 is 2.14 bits per heavy atom. The molecule has 0 aliphatic rings. The fourth-order valence-electron chi connectivity index (χ4n) is 2.11. The highest BCUT2D eigenvalue weighted by atomic mass is 32.2. The SMILES string of the molecule is CCn1/c(=N/S(=O)(=O)c2cccs2)sc2cc(SC)ccc21. The Kier molecular flexibility index (Phi) is 4.44. The minimum atomic E-state index is -3.64. The van der Waals surface area contributed by atoms with Gasteiger partial charge in [-0.15, -0.1) is 27.5 Å². The monoisotopic (exact) mass is 370 g/mol. The number of rotatable bonds is 4. The molecular weight excluding hydrogens is 356 g/mol. The lowest BCUT2D eigenvalue weighted by Gasteiger charge is -2.01. The Bertz CT molecular complexity index is 966. The summed E-state index contributed by atoms with van der Waals surface area (Å²) in [6.07, 6.45) is 2.02. The third-order valence-corrected chi connectivity index (χ3v) is 7.68. The highest BCUT2D eigenvalue weighted by Gasteiger charge is 2.15. The van der Waals surface area contributed by atoms with E-state index in [1.807, 2.05) is 29.9 Å². The first-order valence-electron chi connectivity index (χ1n) is 6.57. The van der Waals surface area contributed by atoms with Gasteiger partial charge in [0.1, 0.15) is 4.21 Å². The second kappa shape index (κ2) is 6.19. The lowest BCUT2D eigenvalue weighted by atomic mass is 10.3. The van der Waals surface area contributed by atoms with Crippen LogP contribution in [0.4, 0.5) is 0 Å². The Hall–Kier alpha value is -1.09. The first-order chi connectivity index (χ1) is 10.5. The summed E-state index contributed by atoms with van der Waals surface area (Å²) in [6, 6.07) is 9.45. The van der Waals surface area contributed by atoms with Gasteiger partial charge in [0, 0.05) is 11.4 Å². The van der Waals surface area contributed by atoms with E-state index in [0.29, 0.717) is 11.3 Å². The van der Waals surface area contributed by atoms with Gasteiger partial charge in [0.05, 0.1) is 10.2 Å². The number of aromatic nitrogens is 1. The fraction of sp³-hybridized carbons (Fsp3) is 0.214. The fourth-order valence-corrected chi connectivity index (χ4v) is 5.93. The van der Waals surface area contributed by atoms with Crippen LogP contribution in [0.5, 0.6) is 0 Å². The molecule has 8 heteroatoms. The minimum Gasteiger partial charge on any atom is -0.316 e. The van der Waals surface area contributed by atoms with Crippen LogP contribution in [0.25, 0.3) is 10.2 Å². The number of thiazole rings is 1. The zero-order valence-electron chi connectivity index (χ0n) is 12.0. The topological polar surface area (TPSA) is 51.4 Å². The van der Waals surface area contributed by atoms with Crippen molar-refractivity contribution in [3.8, 4) is 0 Å². The summed E-state index contributed by atoms with van der Waals surface area (Å²) in [5.74, 6) is 0. The number of benzene rings is 1.